The Balaban J connectivity index is 1.60. The second kappa shape index (κ2) is 5.80. The van der Waals surface area contributed by atoms with Crippen LogP contribution in [0.3, 0.4) is 0 Å². The quantitative estimate of drug-likeness (QED) is 0.633. The van der Waals surface area contributed by atoms with Gasteiger partial charge >= 0.3 is 0 Å². The fourth-order valence-electron chi connectivity index (χ4n) is 2.18. The predicted octanol–water partition coefficient (Wildman–Crippen LogP) is -0.434. The first kappa shape index (κ1) is 11.3. The average molecular weight is 213 g/mol. The molecule has 0 aromatic carbocycles. The van der Waals surface area contributed by atoms with Gasteiger partial charge in [0.2, 0.25) is 0 Å². The van der Waals surface area contributed by atoms with E-state index in [0.29, 0.717) is 0 Å². The van der Waals surface area contributed by atoms with Gasteiger partial charge in [-0.2, -0.15) is 0 Å². The Morgan fingerprint density at radius 1 is 0.800 bits per heavy atom. The molecule has 2 rings (SSSR count). The van der Waals surface area contributed by atoms with Crippen molar-refractivity contribution < 1.29 is 4.74 Å². The maximum absolute atomic E-state index is 5.34. The lowest BCUT2D eigenvalue weighted by Gasteiger charge is -2.34. The van der Waals surface area contributed by atoms with Crippen molar-refractivity contribution in [3.8, 4) is 0 Å². The standard InChI is InChI=1S/C11H23N3O/c1-12-2-4-13(5-3-12)6-7-14-8-10-15-11-9-14/h2-11H2,1H3. The maximum atomic E-state index is 5.34. The molecule has 0 amide bonds. The molecule has 4 heteroatoms. The van der Waals surface area contributed by atoms with E-state index >= 15 is 0 Å². The van der Waals surface area contributed by atoms with Gasteiger partial charge in [0.15, 0.2) is 0 Å². The highest BCUT2D eigenvalue weighted by molar-refractivity contribution is 4.71. The van der Waals surface area contributed by atoms with Crippen LogP contribution in [0.15, 0.2) is 0 Å². The zero-order valence-corrected chi connectivity index (χ0v) is 9.82. The molecule has 2 heterocycles. The fraction of sp³-hybridized carbons (Fsp3) is 1.00. The average Bonchev–Trinajstić information content (AvgIpc) is 2.30. The topological polar surface area (TPSA) is 19.0 Å². The molecule has 2 saturated heterocycles. The summed E-state index contributed by atoms with van der Waals surface area (Å²) in [4.78, 5) is 7.50. The SMILES string of the molecule is CN1CCN(CCN2CCOCC2)CC1. The molecule has 2 aliphatic rings. The summed E-state index contributed by atoms with van der Waals surface area (Å²) in [6, 6.07) is 0. The van der Waals surface area contributed by atoms with Gasteiger partial charge in [-0.1, -0.05) is 0 Å². The van der Waals surface area contributed by atoms with Crippen LogP contribution >= 0.6 is 0 Å². The van der Waals surface area contributed by atoms with E-state index in [1.165, 1.54) is 39.3 Å². The molecule has 0 N–H and O–H groups in total. The first-order chi connectivity index (χ1) is 7.34. The second-order valence-electron chi connectivity index (χ2n) is 4.60. The summed E-state index contributed by atoms with van der Waals surface area (Å²) in [5, 5.41) is 0. The molecule has 0 aromatic rings. The molecule has 0 atom stereocenters. The zero-order chi connectivity index (χ0) is 10.5. The van der Waals surface area contributed by atoms with E-state index in [0.717, 1.165) is 26.3 Å². The highest BCUT2D eigenvalue weighted by atomic mass is 16.5. The Hall–Kier alpha value is -0.160. The molecular weight excluding hydrogens is 190 g/mol. The van der Waals surface area contributed by atoms with Gasteiger partial charge in [0.05, 0.1) is 13.2 Å². The molecule has 0 unspecified atom stereocenters. The number of morpholine rings is 1. The minimum absolute atomic E-state index is 0.919. The summed E-state index contributed by atoms with van der Waals surface area (Å²) >= 11 is 0. The minimum Gasteiger partial charge on any atom is -0.379 e. The zero-order valence-electron chi connectivity index (χ0n) is 9.82. The van der Waals surface area contributed by atoms with E-state index in [9.17, 15) is 0 Å². The lowest BCUT2D eigenvalue weighted by molar-refractivity contribution is 0.0307. The number of piperazine rings is 1. The summed E-state index contributed by atoms with van der Waals surface area (Å²) in [7, 11) is 2.21. The van der Waals surface area contributed by atoms with Crippen LogP contribution in [0.1, 0.15) is 0 Å². The van der Waals surface area contributed by atoms with Gasteiger partial charge in [-0.15, -0.1) is 0 Å². The molecule has 2 fully saturated rings. The van der Waals surface area contributed by atoms with Crippen LogP contribution in [0.2, 0.25) is 0 Å². The summed E-state index contributed by atoms with van der Waals surface area (Å²) < 4.78 is 5.34. The van der Waals surface area contributed by atoms with Crippen molar-refractivity contribution in [3.63, 3.8) is 0 Å². The Bertz CT molecular complexity index is 175. The lowest BCUT2D eigenvalue weighted by Crippen LogP contribution is -2.48. The number of nitrogens with zero attached hydrogens (tertiary/aromatic N) is 3. The highest BCUT2D eigenvalue weighted by Gasteiger charge is 2.15. The number of hydrogen-bond acceptors (Lipinski definition) is 4. The largest absolute Gasteiger partial charge is 0.379 e. The third-order valence-corrected chi connectivity index (χ3v) is 3.43. The van der Waals surface area contributed by atoms with Crippen LogP contribution in [-0.4, -0.2) is 87.3 Å². The monoisotopic (exact) mass is 213 g/mol. The first-order valence-electron chi connectivity index (χ1n) is 6.05. The number of hydrogen-bond donors (Lipinski definition) is 0. The van der Waals surface area contributed by atoms with Gasteiger partial charge in [-0.05, 0) is 7.05 Å². The van der Waals surface area contributed by atoms with Crippen molar-refractivity contribution in [1.29, 1.82) is 0 Å². The van der Waals surface area contributed by atoms with Gasteiger partial charge in [-0.3, -0.25) is 9.80 Å². The van der Waals surface area contributed by atoms with E-state index in [2.05, 4.69) is 21.7 Å². The molecule has 88 valence electrons. The molecule has 0 saturated carbocycles. The van der Waals surface area contributed by atoms with Crippen molar-refractivity contribution >= 4 is 0 Å². The van der Waals surface area contributed by atoms with Crippen LogP contribution in [0, 0.1) is 0 Å². The van der Waals surface area contributed by atoms with Crippen molar-refractivity contribution in [2.45, 2.75) is 0 Å². The van der Waals surface area contributed by atoms with Crippen molar-refractivity contribution in [2.24, 2.45) is 0 Å². The third kappa shape index (κ3) is 3.72. The van der Waals surface area contributed by atoms with Gasteiger partial charge in [-0.25, -0.2) is 0 Å². The van der Waals surface area contributed by atoms with Crippen molar-refractivity contribution in [3.05, 3.63) is 0 Å². The summed E-state index contributed by atoms with van der Waals surface area (Å²) in [6.07, 6.45) is 0. The maximum Gasteiger partial charge on any atom is 0.0594 e. The van der Waals surface area contributed by atoms with Gasteiger partial charge in [0.25, 0.3) is 0 Å². The molecule has 0 spiro atoms. The Morgan fingerprint density at radius 3 is 1.93 bits per heavy atom. The normalized spacial score (nSPS) is 27.0. The van der Waals surface area contributed by atoms with Crippen LogP contribution in [-0.2, 0) is 4.74 Å². The Labute approximate surface area is 92.8 Å². The summed E-state index contributed by atoms with van der Waals surface area (Å²) in [5.41, 5.74) is 0. The molecule has 0 aromatic heterocycles. The second-order valence-corrected chi connectivity index (χ2v) is 4.60. The smallest absolute Gasteiger partial charge is 0.0594 e. The molecular formula is C11H23N3O. The van der Waals surface area contributed by atoms with E-state index in [-0.39, 0.29) is 0 Å². The molecule has 4 nitrogen and oxygen atoms in total. The third-order valence-electron chi connectivity index (χ3n) is 3.43. The number of ether oxygens (including phenoxy) is 1. The van der Waals surface area contributed by atoms with E-state index in [1.807, 2.05) is 0 Å². The van der Waals surface area contributed by atoms with Gasteiger partial charge in [0, 0.05) is 52.4 Å². The van der Waals surface area contributed by atoms with Gasteiger partial charge in [0.1, 0.15) is 0 Å². The minimum atomic E-state index is 0.919. The fourth-order valence-corrected chi connectivity index (χ4v) is 2.18. The van der Waals surface area contributed by atoms with Crippen molar-refractivity contribution in [1.82, 2.24) is 14.7 Å². The van der Waals surface area contributed by atoms with Crippen LogP contribution in [0.5, 0.6) is 0 Å². The van der Waals surface area contributed by atoms with Crippen molar-refractivity contribution in [2.75, 3.05) is 72.6 Å². The number of rotatable bonds is 3. The van der Waals surface area contributed by atoms with E-state index in [4.69, 9.17) is 4.74 Å². The molecule has 0 radical (unpaired) electrons. The lowest BCUT2D eigenvalue weighted by atomic mass is 10.3. The van der Waals surface area contributed by atoms with Crippen LogP contribution in [0.4, 0.5) is 0 Å². The number of likely N-dealkylation sites (N-methyl/N-ethyl adjacent to an activating group) is 1. The predicted molar refractivity (Wildman–Crippen MR) is 61.2 cm³/mol. The van der Waals surface area contributed by atoms with Gasteiger partial charge < -0.3 is 9.64 Å². The molecule has 0 aliphatic carbocycles. The van der Waals surface area contributed by atoms with Crippen LogP contribution < -0.4 is 0 Å². The Morgan fingerprint density at radius 2 is 1.33 bits per heavy atom. The summed E-state index contributed by atoms with van der Waals surface area (Å²) in [6.45, 7) is 11.4. The van der Waals surface area contributed by atoms with E-state index < -0.39 is 0 Å². The Kier molecular flexibility index (Phi) is 4.38. The summed E-state index contributed by atoms with van der Waals surface area (Å²) in [5.74, 6) is 0. The van der Waals surface area contributed by atoms with E-state index in [1.54, 1.807) is 0 Å². The molecule has 2 aliphatic heterocycles. The highest BCUT2D eigenvalue weighted by Crippen LogP contribution is 2.01. The first-order valence-corrected chi connectivity index (χ1v) is 6.05. The molecule has 0 bridgehead atoms. The van der Waals surface area contributed by atoms with Crippen LogP contribution in [0.25, 0.3) is 0 Å². The molecule has 15 heavy (non-hydrogen) atoms.